The van der Waals surface area contributed by atoms with E-state index < -0.39 is 0 Å². The molecule has 2 aromatic carbocycles. The van der Waals surface area contributed by atoms with Crippen molar-refractivity contribution in [2.45, 2.75) is 25.7 Å². The van der Waals surface area contributed by atoms with Crippen LogP contribution in [0.1, 0.15) is 24.0 Å². The number of halogens is 1. The number of fused-ring (bicyclic) bond motifs is 2. The first-order valence-corrected chi connectivity index (χ1v) is 8.18. The number of rotatable bonds is 3. The fraction of sp³-hybridized carbons (Fsp3) is 0.316. The lowest BCUT2D eigenvalue weighted by Gasteiger charge is -2.29. The zero-order valence-corrected chi connectivity index (χ0v) is 13.3. The second-order valence-corrected chi connectivity index (χ2v) is 6.11. The van der Waals surface area contributed by atoms with Crippen molar-refractivity contribution in [3.05, 3.63) is 53.3 Å². The normalized spacial score (nSPS) is 15.3. The summed E-state index contributed by atoms with van der Waals surface area (Å²) in [7, 11) is 0. The molecule has 2 aliphatic rings. The van der Waals surface area contributed by atoms with E-state index in [1.807, 2.05) is 18.2 Å². The van der Waals surface area contributed by atoms with Crippen LogP contribution in [-0.4, -0.2) is 19.2 Å². The molecule has 0 saturated heterocycles. The highest BCUT2D eigenvalue weighted by Gasteiger charge is 2.23. The van der Waals surface area contributed by atoms with Crippen molar-refractivity contribution in [2.75, 3.05) is 18.2 Å². The average molecular weight is 327 g/mol. The molecule has 2 aliphatic heterocycles. The maximum absolute atomic E-state index is 13.5. The van der Waals surface area contributed by atoms with Crippen LogP contribution in [0.2, 0.25) is 0 Å². The molecule has 0 radical (unpaired) electrons. The Hall–Kier alpha value is -2.56. The van der Waals surface area contributed by atoms with Gasteiger partial charge in [-0.1, -0.05) is 12.1 Å². The lowest BCUT2D eigenvalue weighted by Crippen LogP contribution is -2.35. The molecule has 0 saturated carbocycles. The van der Waals surface area contributed by atoms with E-state index in [1.165, 1.54) is 12.1 Å². The van der Waals surface area contributed by atoms with Crippen LogP contribution in [0.25, 0.3) is 0 Å². The van der Waals surface area contributed by atoms with Crippen LogP contribution in [-0.2, 0) is 17.6 Å². The fourth-order valence-corrected chi connectivity index (χ4v) is 3.29. The third-order valence-electron chi connectivity index (χ3n) is 4.53. The molecule has 0 spiro atoms. The van der Waals surface area contributed by atoms with Crippen LogP contribution in [0.3, 0.4) is 0 Å². The number of hydrogen-bond donors (Lipinski definition) is 0. The van der Waals surface area contributed by atoms with Gasteiger partial charge in [0.15, 0.2) is 11.5 Å². The predicted octanol–water partition coefficient (Wildman–Crippen LogP) is 3.47. The van der Waals surface area contributed by atoms with E-state index in [1.54, 1.807) is 11.0 Å². The summed E-state index contributed by atoms with van der Waals surface area (Å²) >= 11 is 0. The molecule has 4 nitrogen and oxygen atoms in total. The smallest absolute Gasteiger partial charge is 0.231 e. The minimum Gasteiger partial charge on any atom is -0.454 e. The second kappa shape index (κ2) is 6.15. The minimum atomic E-state index is -0.302. The standard InChI is InChI=1S/C19H18FNO3/c20-15-6-5-14-2-1-9-21(16(14)11-15)19(22)8-4-13-3-7-17-18(10-13)24-12-23-17/h3,5-7,10-11H,1-2,4,8-9,12H2. The number of aryl methyl sites for hydroxylation is 2. The van der Waals surface area contributed by atoms with Gasteiger partial charge in [0.1, 0.15) is 5.82 Å². The number of anilines is 1. The topological polar surface area (TPSA) is 38.8 Å². The third kappa shape index (κ3) is 2.82. The number of carbonyl (C=O) groups excluding carboxylic acids is 1. The summed E-state index contributed by atoms with van der Waals surface area (Å²) in [4.78, 5) is 14.3. The van der Waals surface area contributed by atoms with Crippen molar-refractivity contribution >= 4 is 11.6 Å². The van der Waals surface area contributed by atoms with Crippen molar-refractivity contribution in [1.29, 1.82) is 0 Å². The Labute approximate surface area is 139 Å². The highest BCUT2D eigenvalue weighted by Crippen LogP contribution is 2.33. The lowest BCUT2D eigenvalue weighted by molar-refractivity contribution is -0.118. The number of amides is 1. The molecule has 0 aliphatic carbocycles. The van der Waals surface area contributed by atoms with Gasteiger partial charge in [0.05, 0.1) is 0 Å². The molecule has 4 rings (SSSR count). The molecule has 5 heteroatoms. The van der Waals surface area contributed by atoms with E-state index in [0.717, 1.165) is 41.2 Å². The molecule has 0 N–H and O–H groups in total. The summed E-state index contributed by atoms with van der Waals surface area (Å²) in [5.74, 6) is 1.19. The summed E-state index contributed by atoms with van der Waals surface area (Å²) < 4.78 is 24.2. The summed E-state index contributed by atoms with van der Waals surface area (Å²) in [5.41, 5.74) is 2.79. The summed E-state index contributed by atoms with van der Waals surface area (Å²) in [6, 6.07) is 10.4. The minimum absolute atomic E-state index is 0.0271. The van der Waals surface area contributed by atoms with Gasteiger partial charge < -0.3 is 14.4 Å². The monoisotopic (exact) mass is 327 g/mol. The molecule has 124 valence electrons. The SMILES string of the molecule is O=C(CCc1ccc2c(c1)OCO2)N1CCCc2ccc(F)cc21. The number of benzene rings is 2. The highest BCUT2D eigenvalue weighted by molar-refractivity contribution is 5.94. The molecule has 24 heavy (non-hydrogen) atoms. The molecule has 0 unspecified atom stereocenters. The Morgan fingerprint density at radius 1 is 1.12 bits per heavy atom. The van der Waals surface area contributed by atoms with Crippen LogP contribution in [0.4, 0.5) is 10.1 Å². The van der Waals surface area contributed by atoms with Crippen LogP contribution in [0.15, 0.2) is 36.4 Å². The zero-order valence-electron chi connectivity index (χ0n) is 13.3. The Morgan fingerprint density at radius 2 is 2.00 bits per heavy atom. The largest absolute Gasteiger partial charge is 0.454 e. The Kier molecular flexibility index (Phi) is 3.84. The summed E-state index contributed by atoms with van der Waals surface area (Å²) in [5, 5.41) is 0. The van der Waals surface area contributed by atoms with Crippen LogP contribution < -0.4 is 14.4 Å². The van der Waals surface area contributed by atoms with Gasteiger partial charge in [-0.3, -0.25) is 4.79 Å². The van der Waals surface area contributed by atoms with E-state index in [2.05, 4.69) is 0 Å². The molecule has 0 atom stereocenters. The first-order chi connectivity index (χ1) is 11.7. The van der Waals surface area contributed by atoms with Gasteiger partial charge in [0.25, 0.3) is 0 Å². The quantitative estimate of drug-likeness (QED) is 0.866. The maximum atomic E-state index is 13.5. The zero-order chi connectivity index (χ0) is 16.5. The average Bonchev–Trinajstić information content (AvgIpc) is 3.06. The van der Waals surface area contributed by atoms with Gasteiger partial charge in [0, 0.05) is 18.7 Å². The van der Waals surface area contributed by atoms with Crippen molar-refractivity contribution < 1.29 is 18.7 Å². The Bertz CT molecular complexity index is 790. The van der Waals surface area contributed by atoms with Crippen LogP contribution in [0, 0.1) is 5.82 Å². The molecule has 2 heterocycles. The van der Waals surface area contributed by atoms with Crippen molar-refractivity contribution in [1.82, 2.24) is 0 Å². The van der Waals surface area contributed by atoms with Gasteiger partial charge in [-0.2, -0.15) is 0 Å². The molecule has 1 amide bonds. The molecule has 0 fully saturated rings. The fourth-order valence-electron chi connectivity index (χ4n) is 3.29. The number of nitrogens with zero attached hydrogens (tertiary/aromatic N) is 1. The molecular weight excluding hydrogens is 309 g/mol. The molecular formula is C19H18FNO3. The number of ether oxygens (including phenoxy) is 2. The molecule has 2 aromatic rings. The van der Waals surface area contributed by atoms with Gasteiger partial charge in [-0.15, -0.1) is 0 Å². The van der Waals surface area contributed by atoms with Crippen molar-refractivity contribution in [3.63, 3.8) is 0 Å². The first kappa shape index (κ1) is 15.0. The summed E-state index contributed by atoms with van der Waals surface area (Å²) in [6.07, 6.45) is 2.81. The van der Waals surface area contributed by atoms with E-state index in [4.69, 9.17) is 9.47 Å². The molecule has 0 aromatic heterocycles. The molecule has 0 bridgehead atoms. The van der Waals surface area contributed by atoms with Crippen molar-refractivity contribution in [3.8, 4) is 11.5 Å². The van der Waals surface area contributed by atoms with E-state index in [-0.39, 0.29) is 18.5 Å². The first-order valence-electron chi connectivity index (χ1n) is 8.18. The predicted molar refractivity (Wildman–Crippen MR) is 88.0 cm³/mol. The third-order valence-corrected chi connectivity index (χ3v) is 4.53. The number of carbonyl (C=O) groups is 1. The lowest BCUT2D eigenvalue weighted by atomic mass is 10.0. The second-order valence-electron chi connectivity index (χ2n) is 6.11. The van der Waals surface area contributed by atoms with Crippen molar-refractivity contribution in [2.24, 2.45) is 0 Å². The Balaban J connectivity index is 1.46. The Morgan fingerprint density at radius 3 is 2.92 bits per heavy atom. The van der Waals surface area contributed by atoms with E-state index >= 15 is 0 Å². The number of hydrogen-bond acceptors (Lipinski definition) is 3. The van der Waals surface area contributed by atoms with Gasteiger partial charge in [-0.05, 0) is 54.7 Å². The van der Waals surface area contributed by atoms with Gasteiger partial charge >= 0.3 is 0 Å². The van der Waals surface area contributed by atoms with Gasteiger partial charge in [-0.25, -0.2) is 4.39 Å². The van der Waals surface area contributed by atoms with Gasteiger partial charge in [0.2, 0.25) is 12.7 Å². The van der Waals surface area contributed by atoms with E-state index in [0.29, 0.717) is 19.4 Å². The highest BCUT2D eigenvalue weighted by atomic mass is 19.1. The van der Waals surface area contributed by atoms with E-state index in [9.17, 15) is 9.18 Å². The summed E-state index contributed by atoms with van der Waals surface area (Å²) in [6.45, 7) is 0.893. The maximum Gasteiger partial charge on any atom is 0.231 e. The van der Waals surface area contributed by atoms with Crippen LogP contribution >= 0.6 is 0 Å². The van der Waals surface area contributed by atoms with Crippen LogP contribution in [0.5, 0.6) is 11.5 Å².